The molecule has 0 fully saturated rings. The number of amides is 1. The first-order valence-corrected chi connectivity index (χ1v) is 39.1. The summed E-state index contributed by atoms with van der Waals surface area (Å²) in [7, 11) is 1.25. The van der Waals surface area contributed by atoms with Crippen LogP contribution in [-0.2, 0) is 18.4 Å². The van der Waals surface area contributed by atoms with Gasteiger partial charge in [0.2, 0.25) is 5.91 Å². The molecule has 0 aromatic carbocycles. The summed E-state index contributed by atoms with van der Waals surface area (Å²) in [4.78, 5) is 25.7. The molecule has 0 aliphatic carbocycles. The zero-order valence-electron chi connectivity index (χ0n) is 58.0. The van der Waals surface area contributed by atoms with E-state index in [-0.39, 0.29) is 12.5 Å². The molecule has 0 heterocycles. The molecule has 0 aromatic heterocycles. The first-order chi connectivity index (χ1) is 42.0. The average Bonchev–Trinajstić information content (AvgIpc) is 3.70. The van der Waals surface area contributed by atoms with Gasteiger partial charge in [-0.1, -0.05) is 351 Å². The van der Waals surface area contributed by atoms with Gasteiger partial charge in [0, 0.05) is 6.42 Å². The number of quaternary nitrogens is 1. The van der Waals surface area contributed by atoms with Gasteiger partial charge in [-0.3, -0.25) is 9.36 Å². The zero-order valence-corrected chi connectivity index (χ0v) is 58.9. The Bertz CT molecular complexity index is 1590. The monoisotopic (exact) mass is 1230 g/mol. The summed E-state index contributed by atoms with van der Waals surface area (Å²) in [5.41, 5.74) is 0. The lowest BCUT2D eigenvalue weighted by Gasteiger charge is -2.29. The molecule has 3 atom stereocenters. The quantitative estimate of drug-likeness (QED) is 0.0272. The second-order valence-electron chi connectivity index (χ2n) is 27.0. The van der Waals surface area contributed by atoms with Gasteiger partial charge >= 0.3 is 0 Å². The van der Waals surface area contributed by atoms with Gasteiger partial charge in [0.15, 0.2) is 0 Å². The largest absolute Gasteiger partial charge is 0.756 e. The van der Waals surface area contributed by atoms with E-state index in [0.29, 0.717) is 17.4 Å². The molecule has 8 nitrogen and oxygen atoms in total. The minimum absolute atomic E-state index is 0.00853. The minimum atomic E-state index is -4.62. The van der Waals surface area contributed by atoms with Crippen LogP contribution in [0, 0.1) is 0 Å². The molecule has 0 saturated carbocycles. The highest BCUT2D eigenvalue weighted by Crippen LogP contribution is 2.38. The smallest absolute Gasteiger partial charge is 0.268 e. The van der Waals surface area contributed by atoms with Crippen molar-refractivity contribution in [1.29, 1.82) is 0 Å². The number of hydrogen-bond donors (Lipinski definition) is 2. The molecule has 2 N–H and O–H groups in total. The highest BCUT2D eigenvalue weighted by atomic mass is 31.2. The summed E-state index contributed by atoms with van der Waals surface area (Å²) in [6, 6.07) is -0.912. The van der Waals surface area contributed by atoms with Gasteiger partial charge in [-0.15, -0.1) is 0 Å². The van der Waals surface area contributed by atoms with E-state index in [2.05, 4.69) is 67.8 Å². The summed E-state index contributed by atoms with van der Waals surface area (Å²) in [5, 5.41) is 14.0. The van der Waals surface area contributed by atoms with Crippen LogP contribution in [0.2, 0.25) is 0 Å². The number of aliphatic hydroxyl groups is 1. The lowest BCUT2D eigenvalue weighted by atomic mass is 10.0. The number of allylic oxidation sites excluding steroid dienone is 9. The maximum atomic E-state index is 13.1. The summed E-state index contributed by atoms with van der Waals surface area (Å²) in [6.07, 6.45) is 93.8. The summed E-state index contributed by atoms with van der Waals surface area (Å²) in [6.45, 7) is 4.66. The van der Waals surface area contributed by atoms with Crippen LogP contribution in [0.25, 0.3) is 0 Å². The Labute approximate surface area is 536 Å². The number of carbonyl (C=O) groups excluding carboxylic acids is 1. The van der Waals surface area contributed by atoms with Crippen molar-refractivity contribution in [3.8, 4) is 0 Å². The van der Waals surface area contributed by atoms with Gasteiger partial charge in [-0.05, 0) is 77.0 Å². The molecule has 86 heavy (non-hydrogen) atoms. The molecule has 0 spiro atoms. The molecule has 3 unspecified atom stereocenters. The zero-order chi connectivity index (χ0) is 62.6. The van der Waals surface area contributed by atoms with Gasteiger partial charge in [0.05, 0.1) is 39.9 Å². The Morgan fingerprint density at radius 3 is 1.01 bits per heavy atom. The first kappa shape index (κ1) is 84.2. The fourth-order valence-electron chi connectivity index (χ4n) is 11.3. The normalized spacial score (nSPS) is 13.9. The Hall–Kier alpha value is -1.80. The number of likely N-dealkylation sites (N-methyl/N-ethyl adjacent to an activating group) is 1. The first-order valence-electron chi connectivity index (χ1n) is 37.7. The molecule has 1 amide bonds. The number of nitrogens with one attached hydrogen (secondary N) is 1. The van der Waals surface area contributed by atoms with Crippen molar-refractivity contribution in [3.05, 3.63) is 60.8 Å². The van der Waals surface area contributed by atoms with Gasteiger partial charge in [0.25, 0.3) is 7.82 Å². The predicted molar refractivity (Wildman–Crippen MR) is 376 cm³/mol. The summed E-state index contributed by atoms with van der Waals surface area (Å²) >= 11 is 0. The second kappa shape index (κ2) is 67.6. The number of phosphoric ester groups is 1. The minimum Gasteiger partial charge on any atom is -0.756 e. The third-order valence-corrected chi connectivity index (χ3v) is 18.1. The van der Waals surface area contributed by atoms with E-state index in [1.807, 2.05) is 27.2 Å². The van der Waals surface area contributed by atoms with Crippen molar-refractivity contribution in [2.75, 3.05) is 40.9 Å². The van der Waals surface area contributed by atoms with Crippen molar-refractivity contribution in [2.45, 2.75) is 386 Å². The van der Waals surface area contributed by atoms with Crippen molar-refractivity contribution in [1.82, 2.24) is 5.32 Å². The van der Waals surface area contributed by atoms with E-state index in [9.17, 15) is 19.4 Å². The van der Waals surface area contributed by atoms with Crippen molar-refractivity contribution in [2.24, 2.45) is 0 Å². The van der Waals surface area contributed by atoms with Crippen LogP contribution in [0.3, 0.4) is 0 Å². The van der Waals surface area contributed by atoms with E-state index in [1.54, 1.807) is 6.08 Å². The Morgan fingerprint density at radius 2 is 0.686 bits per heavy atom. The fraction of sp³-hybridized carbons (Fsp3) is 0.857. The molecule has 0 saturated heterocycles. The van der Waals surface area contributed by atoms with Crippen LogP contribution in [0.1, 0.15) is 373 Å². The predicted octanol–water partition coefficient (Wildman–Crippen LogP) is 23.7. The van der Waals surface area contributed by atoms with Gasteiger partial charge in [-0.25, -0.2) is 0 Å². The number of carbonyl (C=O) groups is 1. The lowest BCUT2D eigenvalue weighted by Crippen LogP contribution is -2.45. The molecule has 0 aromatic rings. The van der Waals surface area contributed by atoms with E-state index in [4.69, 9.17) is 9.05 Å². The van der Waals surface area contributed by atoms with E-state index < -0.39 is 26.6 Å². The fourth-order valence-corrected chi connectivity index (χ4v) is 12.1. The molecular weight excluding hydrogens is 1080 g/mol. The van der Waals surface area contributed by atoms with Crippen molar-refractivity contribution >= 4 is 13.7 Å². The van der Waals surface area contributed by atoms with Gasteiger partial charge < -0.3 is 28.8 Å². The van der Waals surface area contributed by atoms with E-state index >= 15 is 0 Å². The number of unbranched alkanes of at least 4 members (excludes halogenated alkanes) is 49. The number of nitrogens with zero attached hydrogens (tertiary/aromatic N) is 1. The SMILES string of the molecule is CCCCCCC/C=C\C/C=C\CCCCCCCCCCCCCCCCCCCCCCCCCC(=O)NC(COP(=O)([O-])OCC[N+](C)(C)C)C(O)/C=C/CC/C=C/CC/C=C/CCCCCCCCCCCCCCCCCCCCC. The van der Waals surface area contributed by atoms with E-state index in [1.165, 1.54) is 302 Å². The standard InChI is InChI=1S/C77H147N2O6P/c1-6-8-10-12-14-16-18-20-22-24-26-28-30-32-34-36-37-38-39-40-41-43-45-47-49-51-53-55-57-59-61-63-65-67-69-71-77(81)78-75(74-85-86(82,83)84-73-72-79(3,4)5)76(80)70-68-66-64-62-60-58-56-54-52-50-48-46-44-42-35-33-31-29-27-25-23-21-19-17-15-13-11-9-7-2/h18,20,24,26,52,54,60,62,68,70,75-76,80H,6-17,19,21-23,25,27-51,53,55-59,61,63-67,69,71-74H2,1-5H3,(H-,78,81,82,83)/b20-18-,26-24-,54-52+,62-60+,70-68+. The molecule has 0 radical (unpaired) electrons. The van der Waals surface area contributed by atoms with Crippen LogP contribution in [-0.4, -0.2) is 68.5 Å². The maximum Gasteiger partial charge on any atom is 0.268 e. The van der Waals surface area contributed by atoms with Crippen LogP contribution < -0.4 is 10.2 Å². The highest BCUT2D eigenvalue weighted by Gasteiger charge is 2.23. The number of rotatable bonds is 70. The summed E-state index contributed by atoms with van der Waals surface area (Å²) in [5.74, 6) is -0.205. The summed E-state index contributed by atoms with van der Waals surface area (Å²) < 4.78 is 23.5. The van der Waals surface area contributed by atoms with Crippen molar-refractivity contribution < 1.29 is 32.9 Å². The van der Waals surface area contributed by atoms with E-state index in [0.717, 1.165) is 51.4 Å². The molecule has 0 bridgehead atoms. The topological polar surface area (TPSA) is 108 Å². The highest BCUT2D eigenvalue weighted by molar-refractivity contribution is 7.45. The van der Waals surface area contributed by atoms with Gasteiger partial charge in [0.1, 0.15) is 13.2 Å². The Balaban J connectivity index is 4.04. The van der Waals surface area contributed by atoms with Gasteiger partial charge in [-0.2, -0.15) is 0 Å². The molecule has 0 aliphatic rings. The number of hydrogen-bond acceptors (Lipinski definition) is 6. The number of phosphoric acid groups is 1. The Kier molecular flexibility index (Phi) is 66.2. The third kappa shape index (κ3) is 69.7. The van der Waals surface area contributed by atoms with Crippen LogP contribution in [0.5, 0.6) is 0 Å². The third-order valence-electron chi connectivity index (χ3n) is 17.2. The van der Waals surface area contributed by atoms with Crippen LogP contribution in [0.15, 0.2) is 60.8 Å². The average molecular weight is 1230 g/mol. The lowest BCUT2D eigenvalue weighted by molar-refractivity contribution is -0.870. The maximum absolute atomic E-state index is 13.1. The van der Waals surface area contributed by atoms with Crippen LogP contribution >= 0.6 is 7.82 Å². The molecule has 0 aliphatic heterocycles. The van der Waals surface area contributed by atoms with Crippen LogP contribution in [0.4, 0.5) is 0 Å². The molecular formula is C77H147N2O6P. The molecule has 506 valence electrons. The molecule has 0 rings (SSSR count). The van der Waals surface area contributed by atoms with Crippen molar-refractivity contribution in [3.63, 3.8) is 0 Å². The molecule has 9 heteroatoms. The number of aliphatic hydroxyl groups excluding tert-OH is 1. The second-order valence-corrected chi connectivity index (χ2v) is 28.4. The Morgan fingerprint density at radius 1 is 0.407 bits per heavy atom.